The Hall–Kier alpha value is -0.770. The molecule has 0 bridgehead atoms. The van der Waals surface area contributed by atoms with Crippen LogP contribution in [-0.2, 0) is 6.54 Å². The van der Waals surface area contributed by atoms with Crippen molar-refractivity contribution in [1.29, 1.82) is 0 Å². The molecule has 0 saturated heterocycles. The third kappa shape index (κ3) is 3.66. The molecule has 2 unspecified atom stereocenters. The molecule has 1 saturated carbocycles. The number of aliphatic hydroxyl groups excluding tert-OH is 1. The van der Waals surface area contributed by atoms with Gasteiger partial charge in [-0.05, 0) is 37.1 Å². The molecule has 0 spiro atoms. The van der Waals surface area contributed by atoms with Gasteiger partial charge in [-0.3, -0.25) is 0 Å². The Kier molecular flexibility index (Phi) is 5.70. The van der Waals surface area contributed by atoms with Crippen molar-refractivity contribution in [3.8, 4) is 0 Å². The van der Waals surface area contributed by atoms with Crippen molar-refractivity contribution >= 4 is 17.3 Å². The number of hydrogen-bond acceptors (Lipinski definition) is 3. The molecule has 2 atom stereocenters. The summed E-state index contributed by atoms with van der Waals surface area (Å²) in [5, 5.41) is 14.2. The minimum Gasteiger partial charge on any atom is -0.391 e. The highest BCUT2D eigenvalue weighted by molar-refractivity contribution is 6.31. The van der Waals surface area contributed by atoms with Gasteiger partial charge in [-0.2, -0.15) is 0 Å². The standard InChI is InChI=1S/C16H25ClN2O/c1-3-18-11-12-8-9-13(10-14(12)17)19(2)15-6-4-5-7-16(15)20/h8-10,15-16,18,20H,3-7,11H2,1-2H3. The third-order valence-electron chi connectivity index (χ3n) is 4.20. The van der Waals surface area contributed by atoms with Crippen LogP contribution in [0, 0.1) is 0 Å². The maximum atomic E-state index is 10.2. The van der Waals surface area contributed by atoms with E-state index in [4.69, 9.17) is 11.6 Å². The first kappa shape index (κ1) is 15.6. The molecule has 2 rings (SSSR count). The molecule has 1 fully saturated rings. The number of hydrogen-bond donors (Lipinski definition) is 2. The van der Waals surface area contributed by atoms with Gasteiger partial charge in [-0.1, -0.05) is 37.4 Å². The van der Waals surface area contributed by atoms with E-state index >= 15 is 0 Å². The molecule has 20 heavy (non-hydrogen) atoms. The molecule has 0 radical (unpaired) electrons. The number of aliphatic hydroxyl groups is 1. The van der Waals surface area contributed by atoms with Gasteiger partial charge in [-0.25, -0.2) is 0 Å². The molecular weight excluding hydrogens is 272 g/mol. The predicted molar refractivity (Wildman–Crippen MR) is 85.5 cm³/mol. The number of rotatable bonds is 5. The third-order valence-corrected chi connectivity index (χ3v) is 4.55. The van der Waals surface area contributed by atoms with Gasteiger partial charge in [0.1, 0.15) is 0 Å². The fourth-order valence-electron chi connectivity index (χ4n) is 2.89. The number of benzene rings is 1. The van der Waals surface area contributed by atoms with E-state index in [0.29, 0.717) is 0 Å². The first-order valence-corrected chi connectivity index (χ1v) is 7.91. The number of halogens is 1. The molecule has 1 aromatic rings. The van der Waals surface area contributed by atoms with Gasteiger partial charge < -0.3 is 15.3 Å². The van der Waals surface area contributed by atoms with Crippen LogP contribution in [0.5, 0.6) is 0 Å². The maximum Gasteiger partial charge on any atom is 0.0743 e. The van der Waals surface area contributed by atoms with E-state index in [0.717, 1.165) is 48.6 Å². The second kappa shape index (κ2) is 7.30. The first-order chi connectivity index (χ1) is 9.63. The Morgan fingerprint density at radius 2 is 2.10 bits per heavy atom. The Labute approximate surface area is 126 Å². The highest BCUT2D eigenvalue weighted by Crippen LogP contribution is 2.29. The van der Waals surface area contributed by atoms with E-state index < -0.39 is 0 Å². The molecule has 1 aliphatic carbocycles. The van der Waals surface area contributed by atoms with E-state index in [-0.39, 0.29) is 12.1 Å². The fraction of sp³-hybridized carbons (Fsp3) is 0.625. The zero-order valence-corrected chi connectivity index (χ0v) is 13.2. The molecule has 0 amide bonds. The Balaban J connectivity index is 2.09. The van der Waals surface area contributed by atoms with Crippen LogP contribution in [0.4, 0.5) is 5.69 Å². The van der Waals surface area contributed by atoms with Crippen molar-refractivity contribution in [2.24, 2.45) is 0 Å². The molecule has 0 aliphatic heterocycles. The highest BCUT2D eigenvalue weighted by Gasteiger charge is 2.26. The lowest BCUT2D eigenvalue weighted by Gasteiger charge is -2.36. The molecule has 3 nitrogen and oxygen atoms in total. The van der Waals surface area contributed by atoms with Crippen LogP contribution < -0.4 is 10.2 Å². The second-order valence-electron chi connectivity index (χ2n) is 5.59. The number of nitrogens with one attached hydrogen (secondary N) is 1. The van der Waals surface area contributed by atoms with Crippen molar-refractivity contribution in [3.63, 3.8) is 0 Å². The molecule has 1 aromatic carbocycles. The van der Waals surface area contributed by atoms with Crippen LogP contribution in [0.25, 0.3) is 0 Å². The van der Waals surface area contributed by atoms with Crippen molar-refractivity contribution in [2.75, 3.05) is 18.5 Å². The summed E-state index contributed by atoms with van der Waals surface area (Å²) in [6, 6.07) is 6.39. The van der Waals surface area contributed by atoms with Crippen LogP contribution in [0.2, 0.25) is 5.02 Å². The van der Waals surface area contributed by atoms with Gasteiger partial charge in [0.2, 0.25) is 0 Å². The summed E-state index contributed by atoms with van der Waals surface area (Å²) >= 11 is 6.36. The Morgan fingerprint density at radius 3 is 2.75 bits per heavy atom. The van der Waals surface area contributed by atoms with Crippen LogP contribution in [0.3, 0.4) is 0 Å². The van der Waals surface area contributed by atoms with E-state index in [9.17, 15) is 5.11 Å². The summed E-state index contributed by atoms with van der Waals surface area (Å²) in [6.45, 7) is 3.82. The largest absolute Gasteiger partial charge is 0.391 e. The average Bonchev–Trinajstić information content (AvgIpc) is 2.46. The van der Waals surface area contributed by atoms with Gasteiger partial charge in [-0.15, -0.1) is 0 Å². The van der Waals surface area contributed by atoms with Crippen LogP contribution in [0.1, 0.15) is 38.2 Å². The maximum absolute atomic E-state index is 10.2. The summed E-state index contributed by atoms with van der Waals surface area (Å²) in [5.74, 6) is 0. The molecule has 1 aliphatic rings. The zero-order chi connectivity index (χ0) is 14.5. The van der Waals surface area contributed by atoms with E-state index in [1.165, 1.54) is 6.42 Å². The smallest absolute Gasteiger partial charge is 0.0743 e. The monoisotopic (exact) mass is 296 g/mol. The van der Waals surface area contributed by atoms with Crippen LogP contribution in [-0.4, -0.2) is 30.8 Å². The van der Waals surface area contributed by atoms with E-state index in [2.05, 4.69) is 36.3 Å². The van der Waals surface area contributed by atoms with Crippen LogP contribution >= 0.6 is 11.6 Å². The summed E-state index contributed by atoms with van der Waals surface area (Å²) in [4.78, 5) is 2.17. The molecule has 2 N–H and O–H groups in total. The minimum absolute atomic E-state index is 0.208. The number of likely N-dealkylation sites (N-methyl/N-ethyl adjacent to an activating group) is 1. The lowest BCUT2D eigenvalue weighted by Crippen LogP contribution is -2.43. The molecule has 0 heterocycles. The quantitative estimate of drug-likeness (QED) is 0.876. The van der Waals surface area contributed by atoms with E-state index in [1.807, 2.05) is 6.07 Å². The second-order valence-corrected chi connectivity index (χ2v) is 5.99. The predicted octanol–water partition coefficient (Wildman–Crippen LogP) is 3.19. The van der Waals surface area contributed by atoms with Gasteiger partial charge in [0.05, 0.1) is 12.1 Å². The normalized spacial score (nSPS) is 22.8. The summed E-state index contributed by atoms with van der Waals surface area (Å²) in [6.07, 6.45) is 4.05. The number of nitrogens with zero attached hydrogens (tertiary/aromatic N) is 1. The lowest BCUT2D eigenvalue weighted by molar-refractivity contribution is 0.106. The van der Waals surface area contributed by atoms with Crippen molar-refractivity contribution in [1.82, 2.24) is 5.32 Å². The fourth-order valence-corrected chi connectivity index (χ4v) is 3.14. The van der Waals surface area contributed by atoms with E-state index in [1.54, 1.807) is 0 Å². The van der Waals surface area contributed by atoms with Gasteiger partial charge in [0.15, 0.2) is 0 Å². The molecule has 4 heteroatoms. The zero-order valence-electron chi connectivity index (χ0n) is 12.4. The van der Waals surface area contributed by atoms with Crippen molar-refractivity contribution in [2.45, 2.75) is 51.3 Å². The van der Waals surface area contributed by atoms with Gasteiger partial charge in [0.25, 0.3) is 0 Å². The van der Waals surface area contributed by atoms with Gasteiger partial charge in [0, 0.05) is 24.3 Å². The van der Waals surface area contributed by atoms with Crippen LogP contribution in [0.15, 0.2) is 18.2 Å². The molecule has 112 valence electrons. The SMILES string of the molecule is CCNCc1ccc(N(C)C2CCCCC2O)cc1Cl. The topological polar surface area (TPSA) is 35.5 Å². The lowest BCUT2D eigenvalue weighted by atomic mass is 9.91. The molecule has 0 aromatic heterocycles. The Bertz CT molecular complexity index is 438. The van der Waals surface area contributed by atoms with Crippen molar-refractivity contribution < 1.29 is 5.11 Å². The first-order valence-electron chi connectivity index (χ1n) is 7.53. The Morgan fingerprint density at radius 1 is 1.35 bits per heavy atom. The minimum atomic E-state index is -0.228. The number of anilines is 1. The average molecular weight is 297 g/mol. The van der Waals surface area contributed by atoms with Gasteiger partial charge >= 0.3 is 0 Å². The summed E-state index contributed by atoms with van der Waals surface area (Å²) < 4.78 is 0. The highest BCUT2D eigenvalue weighted by atomic mass is 35.5. The summed E-state index contributed by atoms with van der Waals surface area (Å²) in [7, 11) is 2.05. The summed E-state index contributed by atoms with van der Waals surface area (Å²) in [5.41, 5.74) is 2.20. The molecular formula is C16H25ClN2O. The van der Waals surface area contributed by atoms with Crippen molar-refractivity contribution in [3.05, 3.63) is 28.8 Å².